The molecule has 1 nitrogen and oxygen atoms in total. The van der Waals surface area contributed by atoms with Gasteiger partial charge < -0.3 is 4.74 Å². The van der Waals surface area contributed by atoms with E-state index in [9.17, 15) is 0 Å². The summed E-state index contributed by atoms with van der Waals surface area (Å²) >= 11 is 0. The maximum atomic E-state index is 4.88. The highest BCUT2D eigenvalue weighted by Gasteiger charge is 2.06. The van der Waals surface area contributed by atoms with Crippen LogP contribution < -0.4 is 0 Å². The number of hydrogen-bond acceptors (Lipinski definition) is 1. The lowest BCUT2D eigenvalue weighted by molar-refractivity contribution is 0.103. The Morgan fingerprint density at radius 3 is 2.00 bits per heavy atom. The molecule has 0 atom stereocenters. The second-order valence-electron chi connectivity index (χ2n) is 2.04. The fourth-order valence-electron chi connectivity index (χ4n) is 0.226. The Morgan fingerprint density at radius 2 is 2.00 bits per heavy atom. The Kier molecular flexibility index (Phi) is 1.88. The van der Waals surface area contributed by atoms with Crippen LogP contribution in [0, 0.1) is 6.92 Å². The first-order valence-corrected chi connectivity index (χ1v) is 2.20. The summed E-state index contributed by atoms with van der Waals surface area (Å²) in [5, 5.41) is 0. The van der Waals surface area contributed by atoms with Crippen molar-refractivity contribution >= 4 is 0 Å². The van der Waals surface area contributed by atoms with E-state index in [-0.39, 0.29) is 5.60 Å². The van der Waals surface area contributed by atoms with Crippen LogP contribution in [-0.4, -0.2) is 5.60 Å². The van der Waals surface area contributed by atoms with Gasteiger partial charge in [0.25, 0.3) is 0 Å². The van der Waals surface area contributed by atoms with E-state index < -0.39 is 0 Å². The summed E-state index contributed by atoms with van der Waals surface area (Å²) in [6.45, 7) is 10.8. The van der Waals surface area contributed by atoms with Crippen LogP contribution in [0.2, 0.25) is 0 Å². The first kappa shape index (κ1) is 6.54. The van der Waals surface area contributed by atoms with E-state index in [0.29, 0.717) is 0 Å². The summed E-state index contributed by atoms with van der Waals surface area (Å²) in [6, 6.07) is 0. The van der Waals surface area contributed by atoms with E-state index in [4.69, 9.17) is 4.74 Å². The summed E-state index contributed by atoms with van der Waals surface area (Å²) in [5.41, 5.74) is -0.318. The maximum Gasteiger partial charge on any atom is 0.103 e. The van der Waals surface area contributed by atoms with Crippen LogP contribution in [0.25, 0.3) is 0 Å². The normalized spacial score (nSPS) is 10.7. The lowest BCUT2D eigenvalue weighted by Gasteiger charge is -2.16. The van der Waals surface area contributed by atoms with Crippen LogP contribution in [0.4, 0.5) is 0 Å². The van der Waals surface area contributed by atoms with Crippen molar-refractivity contribution in [2.24, 2.45) is 0 Å². The summed E-state index contributed by atoms with van der Waals surface area (Å²) in [5.74, 6) is 0. The van der Waals surface area contributed by atoms with Crippen LogP contribution in [0.3, 0.4) is 0 Å². The van der Waals surface area contributed by atoms with Crippen molar-refractivity contribution < 1.29 is 4.74 Å². The largest absolute Gasteiger partial charge is 0.496 e. The highest BCUT2D eigenvalue weighted by atomic mass is 16.5. The van der Waals surface area contributed by atoms with Gasteiger partial charge >= 0.3 is 0 Å². The Morgan fingerprint density at radius 1 is 1.57 bits per heavy atom. The third-order valence-corrected chi connectivity index (χ3v) is 0.402. The maximum absolute atomic E-state index is 4.88. The zero-order valence-corrected chi connectivity index (χ0v) is 4.90. The lowest BCUT2D eigenvalue weighted by atomic mass is 10.2. The molecule has 0 aromatic heterocycles. The molecule has 0 aliphatic rings. The molecule has 0 aliphatic heterocycles. The van der Waals surface area contributed by atoms with Crippen molar-refractivity contribution in [2.75, 3.05) is 0 Å². The average molecular weight is 99.2 g/mol. The molecule has 0 N–H and O–H groups in total. The van der Waals surface area contributed by atoms with Gasteiger partial charge in [0.2, 0.25) is 0 Å². The Bertz CT molecular complexity index is 59.1. The quantitative estimate of drug-likeness (QED) is 0.479. The summed E-state index contributed by atoms with van der Waals surface area (Å²) in [6.07, 6.45) is 1.40. The molecule has 0 spiro atoms. The molecule has 0 aromatic carbocycles. The van der Waals surface area contributed by atoms with Crippen LogP contribution >= 0.6 is 0 Å². The van der Waals surface area contributed by atoms with Crippen LogP contribution in [-0.2, 0) is 4.74 Å². The molecule has 0 rings (SSSR count). The SMILES string of the molecule is [CH2]C(C)(C)OC=C. The van der Waals surface area contributed by atoms with E-state index in [1.54, 1.807) is 0 Å². The Hall–Kier alpha value is -0.460. The molecule has 7 heavy (non-hydrogen) atoms. The number of ether oxygens (including phenoxy) is 1. The molecule has 0 heterocycles. The molecule has 0 unspecified atom stereocenters. The zero-order valence-electron chi connectivity index (χ0n) is 4.90. The zero-order chi connectivity index (χ0) is 5.91. The molecule has 0 saturated heterocycles. The first-order chi connectivity index (χ1) is 3.06. The van der Waals surface area contributed by atoms with Crippen molar-refractivity contribution in [1.82, 2.24) is 0 Å². The van der Waals surface area contributed by atoms with Crippen LogP contribution in [0.15, 0.2) is 12.8 Å². The van der Waals surface area contributed by atoms with Crippen molar-refractivity contribution in [3.8, 4) is 0 Å². The average Bonchev–Trinajstić information content (AvgIpc) is 1.30. The van der Waals surface area contributed by atoms with Gasteiger partial charge in [-0.1, -0.05) is 6.58 Å². The predicted molar refractivity (Wildman–Crippen MR) is 30.7 cm³/mol. The van der Waals surface area contributed by atoms with Gasteiger partial charge in [-0.2, -0.15) is 0 Å². The van der Waals surface area contributed by atoms with Gasteiger partial charge in [0.05, 0.1) is 6.26 Å². The molecule has 0 bridgehead atoms. The van der Waals surface area contributed by atoms with Crippen molar-refractivity contribution in [3.63, 3.8) is 0 Å². The monoisotopic (exact) mass is 99.1 g/mol. The van der Waals surface area contributed by atoms with Gasteiger partial charge in [-0.25, -0.2) is 0 Å². The van der Waals surface area contributed by atoms with E-state index in [0.717, 1.165) is 0 Å². The lowest BCUT2D eigenvalue weighted by Crippen LogP contribution is -2.15. The topological polar surface area (TPSA) is 9.23 Å². The minimum atomic E-state index is -0.318. The molecule has 41 valence electrons. The second-order valence-corrected chi connectivity index (χ2v) is 2.04. The number of rotatable bonds is 2. The fraction of sp³-hybridized carbons (Fsp3) is 0.500. The molecule has 0 aliphatic carbocycles. The highest BCUT2D eigenvalue weighted by Crippen LogP contribution is 2.04. The third kappa shape index (κ3) is 5.54. The standard InChI is InChI=1S/C6H11O/c1-5-7-6(2,3)4/h5H,1-2H2,3-4H3. The molecular weight excluding hydrogens is 88.1 g/mol. The third-order valence-electron chi connectivity index (χ3n) is 0.402. The Balaban J connectivity index is 3.34. The summed E-state index contributed by atoms with van der Waals surface area (Å²) in [7, 11) is 0. The molecule has 0 saturated carbocycles. The number of hydrogen-bond donors (Lipinski definition) is 0. The van der Waals surface area contributed by atoms with E-state index in [1.807, 2.05) is 13.8 Å². The molecule has 1 radical (unpaired) electrons. The second kappa shape index (κ2) is 2.01. The smallest absolute Gasteiger partial charge is 0.103 e. The summed E-state index contributed by atoms with van der Waals surface area (Å²) in [4.78, 5) is 0. The van der Waals surface area contributed by atoms with Crippen molar-refractivity contribution in [2.45, 2.75) is 19.4 Å². The van der Waals surface area contributed by atoms with E-state index >= 15 is 0 Å². The van der Waals surface area contributed by atoms with E-state index in [2.05, 4.69) is 13.5 Å². The first-order valence-electron chi connectivity index (χ1n) is 2.20. The molecule has 1 heteroatoms. The van der Waals surface area contributed by atoms with Crippen molar-refractivity contribution in [1.29, 1.82) is 0 Å². The van der Waals surface area contributed by atoms with Gasteiger partial charge in [-0.3, -0.25) is 0 Å². The van der Waals surface area contributed by atoms with Gasteiger partial charge in [-0.05, 0) is 20.8 Å². The minimum absolute atomic E-state index is 0.318. The van der Waals surface area contributed by atoms with Crippen LogP contribution in [0.5, 0.6) is 0 Å². The molecule has 0 fully saturated rings. The molecule has 0 aromatic rings. The van der Waals surface area contributed by atoms with Crippen LogP contribution in [0.1, 0.15) is 13.8 Å². The minimum Gasteiger partial charge on any atom is -0.496 e. The van der Waals surface area contributed by atoms with Gasteiger partial charge in [0.1, 0.15) is 5.60 Å². The van der Waals surface area contributed by atoms with Gasteiger partial charge in [0, 0.05) is 0 Å². The molecular formula is C6H11O. The predicted octanol–water partition coefficient (Wildman–Crippen LogP) is 1.76. The van der Waals surface area contributed by atoms with Gasteiger partial charge in [0.15, 0.2) is 0 Å². The van der Waals surface area contributed by atoms with Crippen molar-refractivity contribution in [3.05, 3.63) is 19.8 Å². The highest BCUT2D eigenvalue weighted by molar-refractivity contribution is 4.73. The van der Waals surface area contributed by atoms with Gasteiger partial charge in [-0.15, -0.1) is 0 Å². The molecule has 0 amide bonds. The fourth-order valence-corrected chi connectivity index (χ4v) is 0.226. The Labute approximate surface area is 45.0 Å². The van der Waals surface area contributed by atoms with E-state index in [1.165, 1.54) is 6.26 Å². The summed E-state index contributed by atoms with van der Waals surface area (Å²) < 4.78 is 4.88.